The van der Waals surface area contributed by atoms with Crippen LogP contribution < -0.4 is 11.3 Å². The van der Waals surface area contributed by atoms with E-state index >= 15 is 0 Å². The molecule has 1 aromatic heterocycles. The second kappa shape index (κ2) is 6.80. The van der Waals surface area contributed by atoms with Crippen LogP contribution in [-0.2, 0) is 11.3 Å². The number of likely N-dealkylation sites (tertiary alicyclic amines) is 1. The summed E-state index contributed by atoms with van der Waals surface area (Å²) in [6.07, 6.45) is 3.76. The zero-order valence-corrected chi connectivity index (χ0v) is 14.3. The maximum absolute atomic E-state index is 12.5. The highest BCUT2D eigenvalue weighted by molar-refractivity contribution is 9.10. The van der Waals surface area contributed by atoms with E-state index in [0.717, 1.165) is 23.9 Å². The van der Waals surface area contributed by atoms with Crippen molar-refractivity contribution in [3.8, 4) is 0 Å². The zero-order chi connectivity index (χ0) is 16.4. The van der Waals surface area contributed by atoms with Gasteiger partial charge in [0.05, 0.1) is 17.2 Å². The van der Waals surface area contributed by atoms with Crippen molar-refractivity contribution in [3.05, 3.63) is 39.4 Å². The molecule has 0 unspecified atom stereocenters. The van der Waals surface area contributed by atoms with Gasteiger partial charge in [-0.15, -0.1) is 0 Å². The molecule has 2 heterocycles. The van der Waals surface area contributed by atoms with Crippen LogP contribution in [0.3, 0.4) is 0 Å². The van der Waals surface area contributed by atoms with Gasteiger partial charge in [0, 0.05) is 36.6 Å². The molecule has 1 amide bonds. The summed E-state index contributed by atoms with van der Waals surface area (Å²) in [5.74, 6) is 0.0548. The number of benzene rings is 1. The van der Waals surface area contributed by atoms with Crippen molar-refractivity contribution in [3.63, 3.8) is 0 Å². The molecule has 2 N–H and O–H groups in total. The Bertz CT molecular complexity index is 789. The molecule has 1 aliphatic rings. The van der Waals surface area contributed by atoms with E-state index in [9.17, 15) is 9.59 Å². The Morgan fingerprint density at radius 3 is 3.04 bits per heavy atom. The molecule has 2 aromatic rings. The quantitative estimate of drug-likeness (QED) is 0.873. The molecule has 6 nitrogen and oxygen atoms in total. The summed E-state index contributed by atoms with van der Waals surface area (Å²) in [6.45, 7) is 1.59. The van der Waals surface area contributed by atoms with Crippen LogP contribution in [0.4, 0.5) is 0 Å². The van der Waals surface area contributed by atoms with Crippen LogP contribution in [0.25, 0.3) is 10.9 Å². The monoisotopic (exact) mass is 378 g/mol. The van der Waals surface area contributed by atoms with Gasteiger partial charge in [-0.25, -0.2) is 4.98 Å². The van der Waals surface area contributed by atoms with E-state index in [1.54, 1.807) is 12.1 Å². The third-order valence-corrected chi connectivity index (χ3v) is 4.82. The zero-order valence-electron chi connectivity index (χ0n) is 12.7. The number of hydrogen-bond acceptors (Lipinski definition) is 4. The van der Waals surface area contributed by atoms with Crippen LogP contribution in [0.5, 0.6) is 0 Å². The third-order valence-electron chi connectivity index (χ3n) is 4.32. The van der Waals surface area contributed by atoms with Gasteiger partial charge in [0.2, 0.25) is 5.91 Å². The average molecular weight is 379 g/mol. The van der Waals surface area contributed by atoms with Gasteiger partial charge in [-0.05, 0) is 31.0 Å². The first-order valence-electron chi connectivity index (χ1n) is 7.74. The van der Waals surface area contributed by atoms with Gasteiger partial charge in [-0.3, -0.25) is 14.2 Å². The normalized spacial score (nSPS) is 17.8. The van der Waals surface area contributed by atoms with E-state index in [1.807, 2.05) is 11.0 Å². The largest absolute Gasteiger partial charge is 0.338 e. The van der Waals surface area contributed by atoms with Crippen LogP contribution in [0.1, 0.15) is 19.3 Å². The molecule has 1 aromatic carbocycles. The first-order chi connectivity index (χ1) is 11.1. The van der Waals surface area contributed by atoms with Gasteiger partial charge in [0.15, 0.2) is 0 Å². The lowest BCUT2D eigenvalue weighted by atomic mass is 10.2. The smallest absolute Gasteiger partial charge is 0.261 e. The fourth-order valence-electron chi connectivity index (χ4n) is 3.06. The Morgan fingerprint density at radius 1 is 1.43 bits per heavy atom. The third kappa shape index (κ3) is 3.30. The molecule has 0 aliphatic carbocycles. The Hall–Kier alpha value is -1.73. The van der Waals surface area contributed by atoms with Crippen molar-refractivity contribution in [2.75, 3.05) is 13.1 Å². The lowest BCUT2D eigenvalue weighted by molar-refractivity contribution is -0.132. The fraction of sp³-hybridized carbons (Fsp3) is 0.438. The summed E-state index contributed by atoms with van der Waals surface area (Å²) >= 11 is 3.36. The van der Waals surface area contributed by atoms with E-state index in [1.165, 1.54) is 10.9 Å². The predicted octanol–water partition coefficient (Wildman–Crippen LogP) is 1.50. The maximum Gasteiger partial charge on any atom is 0.261 e. The summed E-state index contributed by atoms with van der Waals surface area (Å²) in [5.41, 5.74) is 6.24. The molecule has 0 spiro atoms. The second-order valence-corrected chi connectivity index (χ2v) is 6.69. The Balaban J connectivity index is 1.76. The first kappa shape index (κ1) is 16.1. The molecule has 3 rings (SSSR count). The minimum atomic E-state index is -0.124. The first-order valence-corrected chi connectivity index (χ1v) is 8.53. The summed E-state index contributed by atoms with van der Waals surface area (Å²) in [7, 11) is 0. The van der Waals surface area contributed by atoms with Crippen molar-refractivity contribution in [1.82, 2.24) is 14.5 Å². The van der Waals surface area contributed by atoms with E-state index < -0.39 is 0 Å². The van der Waals surface area contributed by atoms with Crippen LogP contribution in [-0.4, -0.2) is 39.5 Å². The van der Waals surface area contributed by atoms with Gasteiger partial charge >= 0.3 is 0 Å². The van der Waals surface area contributed by atoms with Gasteiger partial charge in [0.1, 0.15) is 0 Å². The standard InChI is InChI=1S/C16H19BrN4O2/c17-11-3-4-14-13(8-11)16(23)20(10-19-14)7-5-15(22)21-6-1-2-12(21)9-18/h3-4,8,10,12H,1-2,5-7,9,18H2/t12-/m1/s1. The number of carbonyl (C=O) groups excluding carboxylic acids is 1. The summed E-state index contributed by atoms with van der Waals surface area (Å²) in [6, 6.07) is 5.55. The molecule has 0 radical (unpaired) electrons. The van der Waals surface area contributed by atoms with Crippen molar-refractivity contribution < 1.29 is 4.79 Å². The number of aryl methyl sites for hydroxylation is 1. The van der Waals surface area contributed by atoms with Gasteiger partial charge in [0.25, 0.3) is 5.56 Å². The second-order valence-electron chi connectivity index (χ2n) is 5.77. The molecule has 0 saturated carbocycles. The van der Waals surface area contributed by atoms with Crippen LogP contribution in [0.2, 0.25) is 0 Å². The molecule has 1 atom stereocenters. The predicted molar refractivity (Wildman–Crippen MR) is 92.1 cm³/mol. The molecular weight excluding hydrogens is 360 g/mol. The Morgan fingerprint density at radius 2 is 2.26 bits per heavy atom. The van der Waals surface area contributed by atoms with Gasteiger partial charge in [-0.2, -0.15) is 0 Å². The lowest BCUT2D eigenvalue weighted by Gasteiger charge is -2.23. The molecule has 1 fully saturated rings. The number of carbonyl (C=O) groups is 1. The molecule has 122 valence electrons. The molecule has 1 saturated heterocycles. The number of aromatic nitrogens is 2. The number of nitrogens with two attached hydrogens (primary N) is 1. The number of amides is 1. The van der Waals surface area contributed by atoms with E-state index in [4.69, 9.17) is 5.73 Å². The summed E-state index contributed by atoms with van der Waals surface area (Å²) in [5, 5.41) is 0.551. The Kier molecular flexibility index (Phi) is 4.77. The maximum atomic E-state index is 12.5. The summed E-state index contributed by atoms with van der Waals surface area (Å²) < 4.78 is 2.33. The van der Waals surface area contributed by atoms with Crippen molar-refractivity contribution >= 4 is 32.7 Å². The number of rotatable bonds is 4. The van der Waals surface area contributed by atoms with E-state index in [2.05, 4.69) is 20.9 Å². The van der Waals surface area contributed by atoms with Crippen LogP contribution >= 0.6 is 15.9 Å². The number of hydrogen-bond donors (Lipinski definition) is 1. The van der Waals surface area contributed by atoms with Crippen molar-refractivity contribution in [2.45, 2.75) is 31.8 Å². The summed E-state index contributed by atoms with van der Waals surface area (Å²) in [4.78, 5) is 31.0. The lowest BCUT2D eigenvalue weighted by Crippen LogP contribution is -2.40. The highest BCUT2D eigenvalue weighted by atomic mass is 79.9. The molecule has 0 bridgehead atoms. The molecule has 1 aliphatic heterocycles. The molecular formula is C16H19BrN4O2. The number of fused-ring (bicyclic) bond motifs is 1. The minimum absolute atomic E-state index is 0.0548. The van der Waals surface area contributed by atoms with Crippen LogP contribution in [0, 0.1) is 0 Å². The van der Waals surface area contributed by atoms with Crippen LogP contribution in [0.15, 0.2) is 33.8 Å². The number of nitrogens with zero attached hydrogens (tertiary/aromatic N) is 3. The average Bonchev–Trinajstić information content (AvgIpc) is 3.03. The van der Waals surface area contributed by atoms with Crippen molar-refractivity contribution in [2.24, 2.45) is 5.73 Å². The number of halogens is 1. The topological polar surface area (TPSA) is 81.2 Å². The van der Waals surface area contributed by atoms with Gasteiger partial charge < -0.3 is 10.6 Å². The molecule has 23 heavy (non-hydrogen) atoms. The van der Waals surface area contributed by atoms with Gasteiger partial charge in [-0.1, -0.05) is 15.9 Å². The SMILES string of the molecule is NC[C@H]1CCCN1C(=O)CCn1cnc2ccc(Br)cc2c1=O. The van der Waals surface area contributed by atoms with Crippen molar-refractivity contribution in [1.29, 1.82) is 0 Å². The van der Waals surface area contributed by atoms with E-state index in [-0.39, 0.29) is 23.9 Å². The minimum Gasteiger partial charge on any atom is -0.338 e. The van der Waals surface area contributed by atoms with E-state index in [0.29, 0.717) is 24.0 Å². The fourth-order valence-corrected chi connectivity index (χ4v) is 3.42. The highest BCUT2D eigenvalue weighted by Gasteiger charge is 2.27. The Labute approximate surface area is 142 Å². The molecule has 7 heteroatoms. The highest BCUT2D eigenvalue weighted by Crippen LogP contribution is 2.18.